The minimum Gasteiger partial charge on any atom is -0.399 e. The maximum atomic E-state index is 5.63. The zero-order valence-corrected chi connectivity index (χ0v) is 11.6. The van der Waals surface area contributed by atoms with E-state index in [1.165, 1.54) is 30.3 Å². The third-order valence-electron chi connectivity index (χ3n) is 2.76. The van der Waals surface area contributed by atoms with Crippen molar-refractivity contribution < 1.29 is 0 Å². The van der Waals surface area contributed by atoms with Crippen molar-refractivity contribution in [1.82, 2.24) is 0 Å². The van der Waals surface area contributed by atoms with E-state index in [-0.39, 0.29) is 0 Å². The van der Waals surface area contributed by atoms with Crippen LogP contribution < -0.4 is 5.73 Å². The molecule has 0 heterocycles. The first-order valence-corrected chi connectivity index (χ1v) is 6.60. The topological polar surface area (TPSA) is 26.0 Å². The number of nitrogen functional groups attached to an aromatic ring is 1. The molecular weight excluding hydrogens is 217 g/mol. The van der Waals surface area contributed by atoms with Gasteiger partial charge in [-0.25, -0.2) is 0 Å². The van der Waals surface area contributed by atoms with Gasteiger partial charge in [0.25, 0.3) is 0 Å². The molecule has 0 amide bonds. The van der Waals surface area contributed by atoms with Crippen molar-refractivity contribution in [3.63, 3.8) is 0 Å². The highest BCUT2D eigenvalue weighted by Crippen LogP contribution is 2.21. The van der Waals surface area contributed by atoms with Crippen molar-refractivity contribution in [2.24, 2.45) is 0 Å². The van der Waals surface area contributed by atoms with Gasteiger partial charge in [0, 0.05) is 5.69 Å². The Morgan fingerprint density at radius 1 is 1.00 bits per heavy atom. The van der Waals surface area contributed by atoms with Gasteiger partial charge in [0.05, 0.1) is 0 Å². The lowest BCUT2D eigenvalue weighted by atomic mass is 9.79. The molecule has 94 valence electrons. The highest BCUT2D eigenvalue weighted by Gasteiger charge is 1.96. The van der Waals surface area contributed by atoms with Gasteiger partial charge in [-0.15, -0.1) is 0 Å². The van der Waals surface area contributed by atoms with E-state index in [1.54, 1.807) is 0 Å². The van der Waals surface area contributed by atoms with Crippen LogP contribution in [0.25, 0.3) is 11.1 Å². The molecule has 2 aromatic rings. The Morgan fingerprint density at radius 3 is 2.11 bits per heavy atom. The van der Waals surface area contributed by atoms with Gasteiger partial charge in [0.2, 0.25) is 0 Å². The molecular formula is C16H22BN. The second kappa shape index (κ2) is 7.60. The number of anilines is 1. The molecule has 0 bridgehead atoms. The maximum absolute atomic E-state index is 5.63. The van der Waals surface area contributed by atoms with Crippen molar-refractivity contribution in [3.8, 4) is 11.1 Å². The summed E-state index contributed by atoms with van der Waals surface area (Å²) in [5.41, 5.74) is 10.2. The van der Waals surface area contributed by atoms with Gasteiger partial charge in [-0.1, -0.05) is 62.0 Å². The molecule has 0 fully saturated rings. The van der Waals surface area contributed by atoms with Gasteiger partial charge in [0.15, 0.2) is 0 Å². The Morgan fingerprint density at radius 2 is 1.61 bits per heavy atom. The van der Waals surface area contributed by atoms with Crippen LogP contribution in [0.2, 0.25) is 13.1 Å². The van der Waals surface area contributed by atoms with E-state index in [0.29, 0.717) is 0 Å². The van der Waals surface area contributed by atoms with Crippen molar-refractivity contribution in [1.29, 1.82) is 0 Å². The minimum atomic E-state index is 0.807. The molecule has 2 heteroatoms. The average Bonchev–Trinajstić information content (AvgIpc) is 2.40. The predicted molar refractivity (Wildman–Crippen MR) is 84.5 cm³/mol. The largest absolute Gasteiger partial charge is 0.399 e. The van der Waals surface area contributed by atoms with E-state index >= 15 is 0 Å². The quantitative estimate of drug-likeness (QED) is 0.618. The van der Waals surface area contributed by atoms with Crippen molar-refractivity contribution in [2.45, 2.75) is 27.0 Å². The SMILES string of the molecule is CBCC.Cc1cccc(-c2ccc(N)cc2)c1. The maximum Gasteiger partial charge on any atom is 0.117 e. The van der Waals surface area contributed by atoms with Gasteiger partial charge in [-0.3, -0.25) is 0 Å². The average molecular weight is 239 g/mol. The van der Waals surface area contributed by atoms with Crippen LogP contribution in [-0.4, -0.2) is 7.28 Å². The number of benzene rings is 2. The fourth-order valence-corrected chi connectivity index (χ4v) is 1.50. The summed E-state index contributed by atoms with van der Waals surface area (Å²) in [6.07, 6.45) is 1.32. The Labute approximate surface area is 111 Å². The van der Waals surface area contributed by atoms with Gasteiger partial charge in [-0.2, -0.15) is 0 Å². The van der Waals surface area contributed by atoms with E-state index < -0.39 is 0 Å². The first kappa shape index (κ1) is 14.4. The summed E-state index contributed by atoms with van der Waals surface area (Å²) in [5.74, 6) is 0. The zero-order chi connectivity index (χ0) is 13.4. The second-order valence-corrected chi connectivity index (χ2v) is 4.49. The molecule has 0 spiro atoms. The molecule has 0 unspecified atom stereocenters. The number of nitrogens with two attached hydrogens (primary N) is 1. The van der Waals surface area contributed by atoms with Crippen LogP contribution in [0.4, 0.5) is 5.69 Å². The lowest BCUT2D eigenvalue weighted by Gasteiger charge is -2.02. The molecule has 0 atom stereocenters. The highest BCUT2D eigenvalue weighted by atomic mass is 14.5. The smallest absolute Gasteiger partial charge is 0.117 e. The molecule has 0 aliphatic carbocycles. The van der Waals surface area contributed by atoms with Crippen LogP contribution in [-0.2, 0) is 0 Å². The van der Waals surface area contributed by atoms with E-state index in [2.05, 4.69) is 44.9 Å². The summed E-state index contributed by atoms with van der Waals surface area (Å²) in [5, 5.41) is 0. The fourth-order valence-electron chi connectivity index (χ4n) is 1.50. The highest BCUT2D eigenvalue weighted by molar-refractivity contribution is 6.33. The Hall–Kier alpha value is -1.70. The molecule has 0 aromatic heterocycles. The normalized spacial score (nSPS) is 9.28. The summed E-state index contributed by atoms with van der Waals surface area (Å²) < 4.78 is 0. The van der Waals surface area contributed by atoms with Crippen LogP contribution >= 0.6 is 0 Å². The summed E-state index contributed by atoms with van der Waals surface area (Å²) >= 11 is 0. The third-order valence-corrected chi connectivity index (χ3v) is 2.76. The van der Waals surface area contributed by atoms with Crippen LogP contribution in [0, 0.1) is 6.92 Å². The summed E-state index contributed by atoms with van der Waals surface area (Å²) in [6.45, 7) is 6.46. The molecule has 18 heavy (non-hydrogen) atoms. The summed E-state index contributed by atoms with van der Waals surface area (Å²) in [6, 6.07) is 16.4. The van der Waals surface area contributed by atoms with E-state index in [9.17, 15) is 0 Å². The minimum absolute atomic E-state index is 0.807. The van der Waals surface area contributed by atoms with Gasteiger partial charge in [0.1, 0.15) is 7.28 Å². The van der Waals surface area contributed by atoms with E-state index in [4.69, 9.17) is 5.73 Å². The monoisotopic (exact) mass is 239 g/mol. The first-order chi connectivity index (χ1) is 8.67. The molecule has 0 saturated heterocycles. The van der Waals surface area contributed by atoms with Crippen LogP contribution in [0.15, 0.2) is 48.5 Å². The molecule has 0 aliphatic rings. The van der Waals surface area contributed by atoms with Crippen LogP contribution in [0.1, 0.15) is 12.5 Å². The Bertz CT molecular complexity index is 461. The molecule has 1 nitrogen and oxygen atoms in total. The van der Waals surface area contributed by atoms with Crippen LogP contribution in [0.3, 0.4) is 0 Å². The molecule has 2 rings (SSSR count). The Kier molecular flexibility index (Phi) is 6.06. The summed E-state index contributed by atoms with van der Waals surface area (Å²) in [7, 11) is 1.32. The number of rotatable bonds is 2. The Balaban J connectivity index is 0.000000357. The van der Waals surface area contributed by atoms with Crippen molar-refractivity contribution >= 4 is 13.0 Å². The number of hydrogen-bond donors (Lipinski definition) is 1. The lowest BCUT2D eigenvalue weighted by Crippen LogP contribution is -1.84. The molecule has 0 radical (unpaired) electrons. The van der Waals surface area contributed by atoms with Gasteiger partial charge < -0.3 is 5.73 Å². The third kappa shape index (κ3) is 4.66. The van der Waals surface area contributed by atoms with Crippen molar-refractivity contribution in [3.05, 3.63) is 54.1 Å². The van der Waals surface area contributed by atoms with Crippen LogP contribution in [0.5, 0.6) is 0 Å². The van der Waals surface area contributed by atoms with Crippen molar-refractivity contribution in [2.75, 3.05) is 5.73 Å². The first-order valence-electron chi connectivity index (χ1n) is 6.60. The second-order valence-electron chi connectivity index (χ2n) is 4.49. The molecule has 2 aromatic carbocycles. The van der Waals surface area contributed by atoms with E-state index in [1.807, 2.05) is 24.3 Å². The zero-order valence-electron chi connectivity index (χ0n) is 11.6. The predicted octanol–water partition coefficient (Wildman–Crippen LogP) is 4.15. The molecule has 0 aliphatic heterocycles. The fraction of sp³-hybridized carbons (Fsp3) is 0.250. The van der Waals surface area contributed by atoms with Gasteiger partial charge in [-0.05, 0) is 30.2 Å². The van der Waals surface area contributed by atoms with Gasteiger partial charge >= 0.3 is 0 Å². The number of hydrogen-bond acceptors (Lipinski definition) is 1. The summed E-state index contributed by atoms with van der Waals surface area (Å²) in [4.78, 5) is 0. The standard InChI is InChI=1S/C13H13N.C3H9B/c1-10-3-2-4-12(9-10)11-5-7-13(14)8-6-11;1-3-4-2/h2-9H,14H2,1H3;4H,3H2,1-2H3. The lowest BCUT2D eigenvalue weighted by molar-refractivity contribution is 1.45. The van der Waals surface area contributed by atoms with E-state index in [0.717, 1.165) is 5.69 Å². The number of aryl methyl sites for hydroxylation is 1. The molecule has 0 saturated carbocycles. The molecule has 2 N–H and O–H groups in total.